The highest BCUT2D eigenvalue weighted by molar-refractivity contribution is 5.25. The summed E-state index contributed by atoms with van der Waals surface area (Å²) in [5.41, 5.74) is 5.10. The Kier molecular flexibility index (Phi) is 4.19. The predicted molar refractivity (Wildman–Crippen MR) is 94.7 cm³/mol. The fourth-order valence-corrected chi connectivity index (χ4v) is 3.84. The molecule has 0 radical (unpaired) electrons. The van der Waals surface area contributed by atoms with Gasteiger partial charge in [-0.2, -0.15) is 5.10 Å². The van der Waals surface area contributed by atoms with Gasteiger partial charge in [0, 0.05) is 37.9 Å². The van der Waals surface area contributed by atoms with Gasteiger partial charge in [0.2, 0.25) is 0 Å². The summed E-state index contributed by atoms with van der Waals surface area (Å²) < 4.78 is 8.47. The number of aromatic nitrogens is 2. The van der Waals surface area contributed by atoms with Crippen LogP contribution in [-0.4, -0.2) is 33.9 Å². The zero-order valence-corrected chi connectivity index (χ0v) is 14.9. The number of rotatable bonds is 4. The van der Waals surface area contributed by atoms with Gasteiger partial charge in [-0.1, -0.05) is 30.3 Å². The largest absolute Gasteiger partial charge is 0.367 e. The third-order valence-corrected chi connectivity index (χ3v) is 5.56. The highest BCUT2D eigenvalue weighted by Gasteiger charge is 2.39. The van der Waals surface area contributed by atoms with E-state index in [0.29, 0.717) is 6.10 Å². The minimum absolute atomic E-state index is 0.183. The van der Waals surface area contributed by atoms with Crippen molar-refractivity contribution >= 4 is 0 Å². The molecule has 0 spiro atoms. The molecule has 0 bridgehead atoms. The number of hydrogen-bond donors (Lipinski definition) is 0. The molecule has 1 aliphatic carbocycles. The summed E-state index contributed by atoms with van der Waals surface area (Å²) in [7, 11) is 2.03. The summed E-state index contributed by atoms with van der Waals surface area (Å²) >= 11 is 0. The molecule has 4 rings (SSSR count). The normalized spacial score (nSPS) is 25.1. The fourth-order valence-electron chi connectivity index (χ4n) is 3.84. The Bertz CT molecular complexity index is 705. The molecule has 2 aliphatic rings. The Morgan fingerprint density at radius 2 is 1.88 bits per heavy atom. The highest BCUT2D eigenvalue weighted by atomic mass is 16.5. The predicted octanol–water partition coefficient (Wildman–Crippen LogP) is 3.39. The van der Waals surface area contributed by atoms with Crippen LogP contribution in [0.15, 0.2) is 30.3 Å². The number of hydrogen-bond acceptors (Lipinski definition) is 3. The van der Waals surface area contributed by atoms with E-state index < -0.39 is 0 Å². The Hall–Kier alpha value is -1.65. The van der Waals surface area contributed by atoms with E-state index in [-0.39, 0.29) is 6.10 Å². The van der Waals surface area contributed by atoms with E-state index in [1.165, 1.54) is 29.7 Å². The van der Waals surface area contributed by atoms with Crippen molar-refractivity contribution in [2.45, 2.75) is 45.4 Å². The maximum absolute atomic E-state index is 6.47. The van der Waals surface area contributed by atoms with Gasteiger partial charge in [-0.3, -0.25) is 9.58 Å². The average Bonchev–Trinajstić information content (AvgIpc) is 3.41. The molecule has 128 valence electrons. The Morgan fingerprint density at radius 1 is 1.12 bits per heavy atom. The number of nitrogens with zero attached hydrogens (tertiary/aromatic N) is 3. The molecule has 2 atom stereocenters. The smallest absolute Gasteiger partial charge is 0.0956 e. The summed E-state index contributed by atoms with van der Waals surface area (Å²) in [6, 6.07) is 10.7. The van der Waals surface area contributed by atoms with Gasteiger partial charge >= 0.3 is 0 Å². The van der Waals surface area contributed by atoms with Crippen molar-refractivity contribution in [3.05, 3.63) is 52.8 Å². The van der Waals surface area contributed by atoms with Gasteiger partial charge in [0.25, 0.3) is 0 Å². The van der Waals surface area contributed by atoms with Gasteiger partial charge in [0.15, 0.2) is 0 Å². The first kappa shape index (κ1) is 15.9. The molecule has 24 heavy (non-hydrogen) atoms. The van der Waals surface area contributed by atoms with E-state index in [4.69, 9.17) is 4.74 Å². The summed E-state index contributed by atoms with van der Waals surface area (Å²) in [6.45, 7) is 7.27. The van der Waals surface area contributed by atoms with Crippen molar-refractivity contribution in [2.24, 2.45) is 13.0 Å². The fraction of sp³-hybridized carbons (Fsp3) is 0.550. The first-order valence-corrected chi connectivity index (χ1v) is 9.03. The molecular formula is C20H27N3O. The highest BCUT2D eigenvalue weighted by Crippen LogP contribution is 2.39. The Balaban J connectivity index is 1.55. The number of morpholine rings is 1. The average molecular weight is 325 g/mol. The molecule has 4 heteroatoms. The number of aryl methyl sites for hydroxylation is 2. The van der Waals surface area contributed by atoms with Crippen molar-refractivity contribution in [3.8, 4) is 0 Å². The van der Waals surface area contributed by atoms with E-state index in [2.05, 4.69) is 54.2 Å². The molecule has 4 nitrogen and oxygen atoms in total. The third kappa shape index (κ3) is 3.13. The van der Waals surface area contributed by atoms with Crippen LogP contribution in [0.1, 0.15) is 41.5 Å². The summed E-state index contributed by atoms with van der Waals surface area (Å²) in [5, 5.41) is 4.58. The van der Waals surface area contributed by atoms with Crippen LogP contribution >= 0.6 is 0 Å². The first-order valence-electron chi connectivity index (χ1n) is 9.03. The molecule has 1 aromatic heterocycles. The minimum Gasteiger partial charge on any atom is -0.367 e. The number of benzene rings is 1. The molecular weight excluding hydrogens is 298 g/mol. The van der Waals surface area contributed by atoms with E-state index in [1.54, 1.807) is 0 Å². The van der Waals surface area contributed by atoms with Gasteiger partial charge in [-0.05, 0) is 38.2 Å². The van der Waals surface area contributed by atoms with Crippen molar-refractivity contribution in [1.29, 1.82) is 0 Å². The second-order valence-electron chi connectivity index (χ2n) is 7.38. The van der Waals surface area contributed by atoms with Crippen molar-refractivity contribution in [1.82, 2.24) is 14.7 Å². The molecule has 1 saturated heterocycles. The monoisotopic (exact) mass is 325 g/mol. The van der Waals surface area contributed by atoms with Crippen LogP contribution in [0.3, 0.4) is 0 Å². The van der Waals surface area contributed by atoms with E-state index in [1.807, 2.05) is 11.7 Å². The Morgan fingerprint density at radius 3 is 2.50 bits per heavy atom. The van der Waals surface area contributed by atoms with Gasteiger partial charge in [0.05, 0.1) is 17.9 Å². The lowest BCUT2D eigenvalue weighted by Crippen LogP contribution is -2.44. The van der Waals surface area contributed by atoms with E-state index in [9.17, 15) is 0 Å². The standard InChI is InChI=1S/C20H27N3O/c1-14-18(15(2)22(3)21-14)11-23-12-19(16-7-5-4-6-8-16)24-20(13-23)17-9-10-17/h4-8,17,19-20H,9-13H2,1-3H3/t19-,20+/m0/s1. The molecule has 1 saturated carbocycles. The van der Waals surface area contributed by atoms with Crippen LogP contribution in [0.25, 0.3) is 0 Å². The lowest BCUT2D eigenvalue weighted by molar-refractivity contribution is -0.0986. The van der Waals surface area contributed by atoms with Crippen molar-refractivity contribution in [2.75, 3.05) is 13.1 Å². The molecule has 0 N–H and O–H groups in total. The third-order valence-electron chi connectivity index (χ3n) is 5.56. The number of ether oxygens (including phenoxy) is 1. The van der Waals surface area contributed by atoms with Crippen molar-refractivity contribution in [3.63, 3.8) is 0 Å². The zero-order chi connectivity index (χ0) is 16.7. The molecule has 1 aromatic carbocycles. The quantitative estimate of drug-likeness (QED) is 0.863. The van der Waals surface area contributed by atoms with Crippen LogP contribution in [-0.2, 0) is 18.3 Å². The maximum atomic E-state index is 6.47. The van der Waals surface area contributed by atoms with Crippen LogP contribution in [0.2, 0.25) is 0 Å². The second kappa shape index (κ2) is 6.34. The first-order chi connectivity index (χ1) is 11.6. The van der Waals surface area contributed by atoms with E-state index in [0.717, 1.165) is 31.2 Å². The maximum Gasteiger partial charge on any atom is 0.0956 e. The molecule has 2 fully saturated rings. The van der Waals surface area contributed by atoms with Crippen LogP contribution < -0.4 is 0 Å². The topological polar surface area (TPSA) is 30.3 Å². The zero-order valence-electron chi connectivity index (χ0n) is 14.9. The summed E-state index contributed by atoms with van der Waals surface area (Å²) in [6.07, 6.45) is 3.21. The lowest BCUT2D eigenvalue weighted by Gasteiger charge is -2.38. The molecule has 0 amide bonds. The molecule has 0 unspecified atom stereocenters. The van der Waals surface area contributed by atoms with Gasteiger partial charge in [0.1, 0.15) is 0 Å². The molecule has 2 aromatic rings. The van der Waals surface area contributed by atoms with E-state index >= 15 is 0 Å². The second-order valence-corrected chi connectivity index (χ2v) is 7.38. The summed E-state index contributed by atoms with van der Waals surface area (Å²) in [5.74, 6) is 0.759. The lowest BCUT2D eigenvalue weighted by atomic mass is 10.0. The minimum atomic E-state index is 0.183. The molecule has 1 aliphatic heterocycles. The van der Waals surface area contributed by atoms with Gasteiger partial charge in [-0.25, -0.2) is 0 Å². The summed E-state index contributed by atoms with van der Waals surface area (Å²) in [4.78, 5) is 2.57. The van der Waals surface area contributed by atoms with Crippen LogP contribution in [0.5, 0.6) is 0 Å². The molecule has 2 heterocycles. The Labute approximate surface area is 144 Å². The van der Waals surface area contributed by atoms with Crippen LogP contribution in [0.4, 0.5) is 0 Å². The van der Waals surface area contributed by atoms with Gasteiger partial charge < -0.3 is 4.74 Å². The van der Waals surface area contributed by atoms with Crippen LogP contribution in [0, 0.1) is 19.8 Å². The van der Waals surface area contributed by atoms with Gasteiger partial charge in [-0.15, -0.1) is 0 Å². The van der Waals surface area contributed by atoms with Crippen molar-refractivity contribution < 1.29 is 4.74 Å². The SMILES string of the molecule is Cc1nn(C)c(C)c1CN1C[C@@H](c2ccccc2)O[C@@H](C2CC2)C1.